The van der Waals surface area contributed by atoms with E-state index in [4.69, 9.17) is 16.3 Å². The fourth-order valence-corrected chi connectivity index (χ4v) is 5.88. The van der Waals surface area contributed by atoms with Crippen LogP contribution in [0, 0.1) is 0 Å². The Balaban J connectivity index is 1.67. The van der Waals surface area contributed by atoms with Crippen LogP contribution < -0.4 is 4.31 Å². The number of benzene rings is 1. The molecule has 134 valence electrons. The molecule has 2 aliphatic rings. The van der Waals surface area contributed by atoms with Crippen molar-refractivity contribution in [3.05, 3.63) is 35.6 Å². The molecule has 0 spiro atoms. The fourth-order valence-electron chi connectivity index (χ4n) is 3.15. The second kappa shape index (κ2) is 6.83. The van der Waals surface area contributed by atoms with Crippen LogP contribution in [0.3, 0.4) is 0 Å². The van der Waals surface area contributed by atoms with Crippen molar-refractivity contribution in [1.29, 1.82) is 0 Å². The smallest absolute Gasteiger partial charge is 0.267 e. The number of anilines is 1. The van der Waals surface area contributed by atoms with E-state index in [-0.39, 0.29) is 10.9 Å². The lowest BCUT2D eigenvalue weighted by Crippen LogP contribution is -2.35. The Kier molecular flexibility index (Phi) is 4.70. The van der Waals surface area contributed by atoms with Crippen molar-refractivity contribution in [3.8, 4) is 0 Å². The summed E-state index contributed by atoms with van der Waals surface area (Å²) in [6.45, 7) is 1.78. The minimum Gasteiger partial charge on any atom is -0.381 e. The van der Waals surface area contributed by atoms with Gasteiger partial charge in [0.25, 0.3) is 10.0 Å². The largest absolute Gasteiger partial charge is 0.381 e. The number of ether oxygens (including phenoxy) is 1. The molecule has 6 nitrogen and oxygen atoms in total. The highest BCUT2D eigenvalue weighted by Gasteiger charge is 2.31. The maximum absolute atomic E-state index is 13.2. The monoisotopic (exact) mass is 399 g/mol. The molecule has 3 heterocycles. The fraction of sp³-hybridized carbons (Fsp3) is 0.438. The van der Waals surface area contributed by atoms with Crippen molar-refractivity contribution in [3.63, 3.8) is 0 Å². The molecule has 1 fully saturated rings. The van der Waals surface area contributed by atoms with Crippen LogP contribution in [0.2, 0.25) is 5.02 Å². The van der Waals surface area contributed by atoms with Gasteiger partial charge in [0.15, 0.2) is 0 Å². The van der Waals surface area contributed by atoms with Gasteiger partial charge in [-0.05, 0) is 31.0 Å². The minimum atomic E-state index is -3.66. The van der Waals surface area contributed by atoms with Crippen molar-refractivity contribution < 1.29 is 13.2 Å². The highest BCUT2D eigenvalue weighted by molar-refractivity contribution is 8.00. The van der Waals surface area contributed by atoms with Crippen LogP contribution in [0.1, 0.15) is 18.9 Å². The molecule has 0 aliphatic carbocycles. The standard InChI is InChI=1S/C16H18ClN3O3S2/c17-12-1-2-16-15(9-12)20(5-8-24-16)25(21,22)14-10-18-19(11-14)13-3-6-23-7-4-13/h1-2,9-11,13H,3-8H2. The summed E-state index contributed by atoms with van der Waals surface area (Å²) in [6.07, 6.45) is 4.77. The molecule has 1 aromatic carbocycles. The van der Waals surface area contributed by atoms with Crippen LogP contribution in [-0.4, -0.2) is 43.7 Å². The summed E-state index contributed by atoms with van der Waals surface area (Å²) in [5, 5.41) is 4.83. The van der Waals surface area contributed by atoms with Gasteiger partial charge in [0, 0.05) is 41.6 Å². The van der Waals surface area contributed by atoms with E-state index < -0.39 is 10.0 Å². The van der Waals surface area contributed by atoms with Gasteiger partial charge in [-0.25, -0.2) is 8.42 Å². The van der Waals surface area contributed by atoms with Crippen LogP contribution in [0.4, 0.5) is 5.69 Å². The van der Waals surface area contributed by atoms with Crippen molar-refractivity contribution in [1.82, 2.24) is 9.78 Å². The van der Waals surface area contributed by atoms with E-state index in [9.17, 15) is 8.42 Å². The number of sulfonamides is 1. The van der Waals surface area contributed by atoms with E-state index in [0.29, 0.717) is 36.2 Å². The average Bonchev–Trinajstić information content (AvgIpc) is 3.13. The first-order valence-electron chi connectivity index (χ1n) is 8.13. The molecule has 0 saturated carbocycles. The number of hydrogen-bond donors (Lipinski definition) is 0. The second-order valence-electron chi connectivity index (χ2n) is 6.04. The van der Waals surface area contributed by atoms with E-state index in [1.54, 1.807) is 34.8 Å². The molecule has 0 N–H and O–H groups in total. The molecule has 2 aliphatic heterocycles. The molecular formula is C16H18ClN3O3S2. The van der Waals surface area contributed by atoms with E-state index in [0.717, 1.165) is 17.7 Å². The Labute approximate surface area is 156 Å². The Hall–Kier alpha value is -1.22. The number of halogens is 1. The van der Waals surface area contributed by atoms with Crippen LogP contribution in [0.5, 0.6) is 0 Å². The molecular weight excluding hydrogens is 382 g/mol. The van der Waals surface area contributed by atoms with Crippen molar-refractivity contribution in [2.24, 2.45) is 0 Å². The third-order valence-corrected chi connectivity index (χ3v) is 7.52. The summed E-state index contributed by atoms with van der Waals surface area (Å²) < 4.78 is 34.9. The molecule has 1 aromatic heterocycles. The van der Waals surface area contributed by atoms with Crippen molar-refractivity contribution in [2.45, 2.75) is 28.7 Å². The zero-order valence-corrected chi connectivity index (χ0v) is 15.9. The van der Waals surface area contributed by atoms with Gasteiger partial charge in [0.2, 0.25) is 0 Å². The highest BCUT2D eigenvalue weighted by atomic mass is 35.5. The molecule has 0 radical (unpaired) electrons. The van der Waals surface area contributed by atoms with Crippen LogP contribution >= 0.6 is 23.4 Å². The van der Waals surface area contributed by atoms with Crippen LogP contribution in [0.15, 0.2) is 40.4 Å². The second-order valence-corrected chi connectivity index (χ2v) is 9.47. The maximum Gasteiger partial charge on any atom is 0.267 e. The summed E-state index contributed by atoms with van der Waals surface area (Å²) in [7, 11) is -3.66. The van der Waals surface area contributed by atoms with E-state index in [1.165, 1.54) is 10.5 Å². The number of hydrogen-bond acceptors (Lipinski definition) is 5. The predicted molar refractivity (Wildman–Crippen MR) is 98.0 cm³/mol. The Morgan fingerprint density at radius 3 is 2.88 bits per heavy atom. The summed E-state index contributed by atoms with van der Waals surface area (Å²) in [6, 6.07) is 5.56. The average molecular weight is 400 g/mol. The minimum absolute atomic E-state index is 0.191. The molecule has 0 bridgehead atoms. The van der Waals surface area contributed by atoms with E-state index in [1.807, 2.05) is 6.07 Å². The number of aromatic nitrogens is 2. The van der Waals surface area contributed by atoms with Gasteiger partial charge in [-0.1, -0.05) is 11.6 Å². The van der Waals surface area contributed by atoms with Gasteiger partial charge in [-0.15, -0.1) is 11.8 Å². The van der Waals surface area contributed by atoms with E-state index in [2.05, 4.69) is 5.10 Å². The van der Waals surface area contributed by atoms with Crippen LogP contribution in [0.25, 0.3) is 0 Å². The van der Waals surface area contributed by atoms with Crippen LogP contribution in [-0.2, 0) is 14.8 Å². The van der Waals surface area contributed by atoms with Crippen molar-refractivity contribution >= 4 is 39.1 Å². The predicted octanol–water partition coefficient (Wildman–Crippen LogP) is 3.19. The number of rotatable bonds is 3. The quantitative estimate of drug-likeness (QED) is 0.793. The third-order valence-electron chi connectivity index (χ3n) is 4.47. The molecule has 9 heteroatoms. The van der Waals surface area contributed by atoms with Crippen molar-refractivity contribution in [2.75, 3.05) is 29.8 Å². The SMILES string of the molecule is O=S(=O)(c1cnn(C2CCOCC2)c1)N1CCSc2ccc(Cl)cc21. The Morgan fingerprint density at radius 2 is 2.08 bits per heavy atom. The highest BCUT2D eigenvalue weighted by Crippen LogP contribution is 2.39. The lowest BCUT2D eigenvalue weighted by Gasteiger charge is -2.29. The lowest BCUT2D eigenvalue weighted by atomic mass is 10.1. The molecule has 25 heavy (non-hydrogen) atoms. The molecule has 0 atom stereocenters. The summed E-state index contributed by atoms with van der Waals surface area (Å²) in [5.41, 5.74) is 0.641. The van der Waals surface area contributed by atoms with Gasteiger partial charge in [-0.3, -0.25) is 8.99 Å². The van der Waals surface area contributed by atoms with Gasteiger partial charge in [0.05, 0.1) is 17.9 Å². The van der Waals surface area contributed by atoms with Gasteiger partial charge >= 0.3 is 0 Å². The van der Waals surface area contributed by atoms with Gasteiger partial charge in [-0.2, -0.15) is 5.10 Å². The molecule has 2 aromatic rings. The van der Waals surface area contributed by atoms with Gasteiger partial charge < -0.3 is 4.74 Å². The molecule has 4 rings (SSSR count). The Morgan fingerprint density at radius 1 is 1.28 bits per heavy atom. The first kappa shape index (κ1) is 17.2. The Bertz CT molecular complexity index is 879. The zero-order valence-electron chi connectivity index (χ0n) is 13.5. The molecule has 0 amide bonds. The first-order chi connectivity index (χ1) is 12.1. The topological polar surface area (TPSA) is 64.4 Å². The zero-order chi connectivity index (χ0) is 17.4. The van der Waals surface area contributed by atoms with Gasteiger partial charge in [0.1, 0.15) is 4.90 Å². The normalized spacial score (nSPS) is 19.0. The summed E-state index contributed by atoms with van der Waals surface area (Å²) in [5.74, 6) is 0.710. The number of nitrogens with zero attached hydrogens (tertiary/aromatic N) is 3. The summed E-state index contributed by atoms with van der Waals surface area (Å²) >= 11 is 7.73. The van der Waals surface area contributed by atoms with E-state index >= 15 is 0 Å². The number of thioether (sulfide) groups is 1. The lowest BCUT2D eigenvalue weighted by molar-refractivity contribution is 0.0662. The summed E-state index contributed by atoms with van der Waals surface area (Å²) in [4.78, 5) is 1.15. The first-order valence-corrected chi connectivity index (χ1v) is 10.9. The third kappa shape index (κ3) is 3.28. The maximum atomic E-state index is 13.2. The molecule has 1 saturated heterocycles. The number of fused-ring (bicyclic) bond motifs is 1. The molecule has 0 unspecified atom stereocenters.